The number of carboxylic acid groups (broad SMARTS) is 1. The first kappa shape index (κ1) is 29.0. The number of ether oxygens (including phenoxy) is 3. The Labute approximate surface area is 242 Å². The first-order valence-corrected chi connectivity index (χ1v) is 14.7. The van der Waals surface area contributed by atoms with E-state index in [-0.39, 0.29) is 12.0 Å². The Morgan fingerprint density at radius 3 is 2.44 bits per heavy atom. The number of rotatable bonds is 12. The van der Waals surface area contributed by atoms with Gasteiger partial charge in [-0.3, -0.25) is 14.7 Å². The number of aliphatic carboxylic acids is 1. The normalized spacial score (nSPS) is 18.7. The maximum absolute atomic E-state index is 10.7. The number of hydrogen-bond acceptors (Lipinski definition) is 7. The van der Waals surface area contributed by atoms with Gasteiger partial charge in [0.25, 0.3) is 0 Å². The fourth-order valence-electron chi connectivity index (χ4n) is 5.87. The smallest absolute Gasteiger partial charge is 0.303 e. The van der Waals surface area contributed by atoms with Gasteiger partial charge in [0.1, 0.15) is 12.4 Å². The molecule has 1 N–H and O–H groups in total. The maximum atomic E-state index is 10.7. The number of carboxylic acids is 1. The molecule has 8 nitrogen and oxygen atoms in total. The molecule has 1 atom stereocenters. The van der Waals surface area contributed by atoms with E-state index < -0.39 is 5.97 Å². The van der Waals surface area contributed by atoms with Crippen LogP contribution in [0.1, 0.15) is 60.9 Å². The zero-order chi connectivity index (χ0) is 28.5. The van der Waals surface area contributed by atoms with Crippen LogP contribution in [0, 0.1) is 12.8 Å². The quantitative estimate of drug-likeness (QED) is 0.306. The number of likely N-dealkylation sites (tertiary alicyclic amines) is 1. The van der Waals surface area contributed by atoms with Gasteiger partial charge in [-0.15, -0.1) is 0 Å². The average molecular weight is 560 g/mol. The summed E-state index contributed by atoms with van der Waals surface area (Å²) in [6.07, 6.45) is 9.44. The van der Waals surface area contributed by atoms with Gasteiger partial charge in [-0.2, -0.15) is 0 Å². The van der Waals surface area contributed by atoms with Crippen LogP contribution in [-0.2, 0) is 29.1 Å². The third-order valence-electron chi connectivity index (χ3n) is 8.35. The lowest BCUT2D eigenvalue weighted by Crippen LogP contribution is -2.49. The summed E-state index contributed by atoms with van der Waals surface area (Å²) in [6.45, 7) is 7.00. The molecule has 1 aromatic heterocycles. The van der Waals surface area contributed by atoms with Gasteiger partial charge in [0.15, 0.2) is 0 Å². The molecule has 1 unspecified atom stereocenters. The third-order valence-corrected chi connectivity index (χ3v) is 8.35. The van der Waals surface area contributed by atoms with Crippen LogP contribution >= 0.6 is 0 Å². The Balaban J connectivity index is 1.02. The molecule has 41 heavy (non-hydrogen) atoms. The van der Waals surface area contributed by atoms with Gasteiger partial charge in [0, 0.05) is 45.1 Å². The number of aromatic nitrogens is 2. The zero-order valence-electron chi connectivity index (χ0n) is 24.0. The standard InChI is InChI=1S/C33H41N3O5/c1-25-32(35-17-16-34-25)39-20-12-27-13-21-41-33(22-27)14-18-36(19-15-33)23-28-2-4-29(5-3-28)24-40-30-9-6-26(7-10-30)8-11-31(37)38/h2-7,9-10,16-17,27H,8,11-15,18-24H2,1H3,(H,37,38). The van der Waals surface area contributed by atoms with Gasteiger partial charge in [0.2, 0.25) is 5.88 Å². The highest BCUT2D eigenvalue weighted by atomic mass is 16.5. The predicted octanol–water partition coefficient (Wildman–Crippen LogP) is 5.61. The van der Waals surface area contributed by atoms with E-state index in [1.54, 1.807) is 12.4 Å². The van der Waals surface area contributed by atoms with Crippen molar-refractivity contribution in [3.05, 3.63) is 83.3 Å². The van der Waals surface area contributed by atoms with Crippen molar-refractivity contribution >= 4 is 5.97 Å². The zero-order valence-corrected chi connectivity index (χ0v) is 24.0. The second kappa shape index (κ2) is 13.9. The molecule has 5 rings (SSSR count). The molecule has 8 heteroatoms. The summed E-state index contributed by atoms with van der Waals surface area (Å²) in [6, 6.07) is 16.3. The molecule has 1 spiro atoms. The molecule has 0 aliphatic carbocycles. The highest BCUT2D eigenvalue weighted by molar-refractivity contribution is 5.67. The van der Waals surface area contributed by atoms with Crippen molar-refractivity contribution in [2.45, 2.75) is 70.6 Å². The van der Waals surface area contributed by atoms with Crippen LogP contribution in [0.3, 0.4) is 0 Å². The molecule has 0 bridgehead atoms. The van der Waals surface area contributed by atoms with Gasteiger partial charge in [-0.1, -0.05) is 36.4 Å². The van der Waals surface area contributed by atoms with E-state index in [0.29, 0.717) is 31.4 Å². The summed E-state index contributed by atoms with van der Waals surface area (Å²) >= 11 is 0. The number of aryl methyl sites for hydroxylation is 2. The summed E-state index contributed by atoms with van der Waals surface area (Å²) in [5, 5.41) is 8.83. The molecule has 2 aliphatic heterocycles. The fraction of sp³-hybridized carbons (Fsp3) is 0.485. The largest absolute Gasteiger partial charge is 0.489 e. The summed E-state index contributed by atoms with van der Waals surface area (Å²) in [5.41, 5.74) is 4.29. The van der Waals surface area contributed by atoms with Crippen LogP contribution in [0.5, 0.6) is 11.6 Å². The highest BCUT2D eigenvalue weighted by Crippen LogP contribution is 2.39. The number of nitrogens with zero attached hydrogens (tertiary/aromatic N) is 3. The molecule has 0 amide bonds. The third kappa shape index (κ3) is 8.50. The van der Waals surface area contributed by atoms with Crippen molar-refractivity contribution in [3.63, 3.8) is 0 Å². The van der Waals surface area contributed by atoms with Crippen molar-refractivity contribution in [1.82, 2.24) is 14.9 Å². The van der Waals surface area contributed by atoms with Crippen LogP contribution in [0.25, 0.3) is 0 Å². The van der Waals surface area contributed by atoms with E-state index in [4.69, 9.17) is 19.3 Å². The summed E-state index contributed by atoms with van der Waals surface area (Å²) in [4.78, 5) is 21.8. The average Bonchev–Trinajstić information content (AvgIpc) is 2.99. The van der Waals surface area contributed by atoms with E-state index in [0.717, 1.165) is 80.9 Å². The van der Waals surface area contributed by atoms with E-state index in [1.165, 1.54) is 5.56 Å². The second-order valence-corrected chi connectivity index (χ2v) is 11.4. The van der Waals surface area contributed by atoms with Gasteiger partial charge >= 0.3 is 5.97 Å². The number of carbonyl (C=O) groups is 1. The Morgan fingerprint density at radius 1 is 1.00 bits per heavy atom. The molecule has 0 radical (unpaired) electrons. The molecule has 218 valence electrons. The van der Waals surface area contributed by atoms with E-state index >= 15 is 0 Å². The number of piperidine rings is 1. The first-order valence-electron chi connectivity index (χ1n) is 14.7. The Morgan fingerprint density at radius 2 is 1.71 bits per heavy atom. The van der Waals surface area contributed by atoms with Crippen LogP contribution in [0.2, 0.25) is 0 Å². The molecular weight excluding hydrogens is 518 g/mol. The minimum Gasteiger partial charge on any atom is -0.489 e. The Kier molecular flexibility index (Phi) is 9.85. The molecule has 3 heterocycles. The van der Waals surface area contributed by atoms with E-state index in [2.05, 4.69) is 39.1 Å². The minimum atomic E-state index is -0.780. The van der Waals surface area contributed by atoms with Crippen molar-refractivity contribution in [2.75, 3.05) is 26.3 Å². The minimum absolute atomic E-state index is 0.0115. The number of hydrogen-bond donors (Lipinski definition) is 1. The van der Waals surface area contributed by atoms with Gasteiger partial charge in [-0.25, -0.2) is 4.98 Å². The highest BCUT2D eigenvalue weighted by Gasteiger charge is 2.40. The molecular formula is C33H41N3O5. The summed E-state index contributed by atoms with van der Waals surface area (Å²) in [5.74, 6) is 1.27. The van der Waals surface area contributed by atoms with E-state index in [1.807, 2.05) is 31.2 Å². The topological polar surface area (TPSA) is 94.0 Å². The lowest BCUT2D eigenvalue weighted by atomic mass is 9.78. The van der Waals surface area contributed by atoms with E-state index in [9.17, 15) is 4.79 Å². The second-order valence-electron chi connectivity index (χ2n) is 11.4. The summed E-state index contributed by atoms with van der Waals surface area (Å²) < 4.78 is 18.2. The molecule has 2 fully saturated rings. The van der Waals surface area contributed by atoms with Crippen molar-refractivity contribution in [2.24, 2.45) is 5.92 Å². The van der Waals surface area contributed by atoms with Crippen molar-refractivity contribution in [3.8, 4) is 11.6 Å². The van der Waals surface area contributed by atoms with Crippen LogP contribution in [-0.4, -0.2) is 57.8 Å². The SMILES string of the molecule is Cc1nccnc1OCCC1CCOC2(CCN(Cc3ccc(COc4ccc(CCC(=O)O)cc4)cc3)CC2)C1. The molecule has 2 saturated heterocycles. The van der Waals surface area contributed by atoms with Gasteiger partial charge in [-0.05, 0) is 80.2 Å². The number of benzene rings is 2. The van der Waals surface area contributed by atoms with Gasteiger partial charge < -0.3 is 19.3 Å². The molecule has 3 aromatic rings. The summed E-state index contributed by atoms with van der Waals surface area (Å²) in [7, 11) is 0. The van der Waals surface area contributed by atoms with Gasteiger partial charge in [0.05, 0.1) is 17.9 Å². The lowest BCUT2D eigenvalue weighted by Gasteiger charge is -2.46. The Bertz CT molecular complexity index is 1260. The van der Waals surface area contributed by atoms with Crippen molar-refractivity contribution < 1.29 is 24.1 Å². The molecule has 2 aliphatic rings. The lowest BCUT2D eigenvalue weighted by molar-refractivity contribution is -0.137. The molecule has 2 aromatic carbocycles. The Hall–Kier alpha value is -3.49. The molecule has 0 saturated carbocycles. The fourth-order valence-corrected chi connectivity index (χ4v) is 5.87. The first-order chi connectivity index (χ1) is 20.0. The monoisotopic (exact) mass is 559 g/mol. The van der Waals surface area contributed by atoms with Crippen LogP contribution in [0.4, 0.5) is 0 Å². The van der Waals surface area contributed by atoms with Crippen molar-refractivity contribution in [1.29, 1.82) is 0 Å². The maximum Gasteiger partial charge on any atom is 0.303 e. The van der Waals surface area contributed by atoms with Crippen LogP contribution in [0.15, 0.2) is 60.9 Å². The van der Waals surface area contributed by atoms with Crippen LogP contribution < -0.4 is 9.47 Å². The predicted molar refractivity (Wildman–Crippen MR) is 156 cm³/mol.